The number of hydrogen-bond acceptors (Lipinski definition) is 3. The molecule has 5 heteroatoms. The van der Waals surface area contributed by atoms with Crippen LogP contribution in [0.15, 0.2) is 0 Å². The normalized spacial score (nSPS) is 30.5. The number of nitrogens with zero attached hydrogens (tertiary/aromatic N) is 1. The number of hydrogen-bond donors (Lipinski definition) is 1. The second kappa shape index (κ2) is 5.34. The number of ether oxygens (including phenoxy) is 1. The largest absolute Gasteiger partial charge is 0.381 e. The van der Waals surface area contributed by atoms with Crippen LogP contribution in [0.2, 0.25) is 0 Å². The van der Waals surface area contributed by atoms with Gasteiger partial charge in [0.25, 0.3) is 0 Å². The van der Waals surface area contributed by atoms with Crippen LogP contribution in [0.4, 0.5) is 0 Å². The minimum Gasteiger partial charge on any atom is -0.381 e. The van der Waals surface area contributed by atoms with E-state index in [1.54, 1.807) is 0 Å². The van der Waals surface area contributed by atoms with Crippen molar-refractivity contribution in [1.29, 1.82) is 0 Å². The van der Waals surface area contributed by atoms with Crippen LogP contribution >= 0.6 is 12.4 Å². The number of nitrogens with two attached hydrogens (primary N) is 1. The Bertz CT molecular complexity index is 254. The molecule has 4 nitrogen and oxygen atoms in total. The smallest absolute Gasteiger partial charge is 0.239 e. The molecule has 0 bridgehead atoms. The van der Waals surface area contributed by atoms with Gasteiger partial charge in [0.15, 0.2) is 0 Å². The van der Waals surface area contributed by atoms with E-state index in [9.17, 15) is 4.79 Å². The Balaban J connectivity index is 0.00000128. The van der Waals surface area contributed by atoms with Gasteiger partial charge in [0.2, 0.25) is 5.91 Å². The highest BCUT2D eigenvalue weighted by atomic mass is 35.5. The van der Waals surface area contributed by atoms with Crippen LogP contribution in [0, 0.1) is 5.41 Å². The topological polar surface area (TPSA) is 55.6 Å². The van der Waals surface area contributed by atoms with Crippen LogP contribution in [-0.2, 0) is 9.53 Å². The van der Waals surface area contributed by atoms with Crippen molar-refractivity contribution in [3.63, 3.8) is 0 Å². The molecule has 94 valence electrons. The molecule has 2 rings (SSSR count). The van der Waals surface area contributed by atoms with Crippen molar-refractivity contribution < 1.29 is 9.53 Å². The van der Waals surface area contributed by atoms with Crippen LogP contribution in [0.3, 0.4) is 0 Å². The lowest BCUT2D eigenvalue weighted by molar-refractivity contribution is -0.132. The molecule has 1 amide bonds. The van der Waals surface area contributed by atoms with E-state index in [4.69, 9.17) is 10.5 Å². The summed E-state index contributed by atoms with van der Waals surface area (Å²) in [6.07, 6.45) is 2.89. The van der Waals surface area contributed by atoms with Gasteiger partial charge in [-0.25, -0.2) is 0 Å². The van der Waals surface area contributed by atoms with Gasteiger partial charge in [0, 0.05) is 25.1 Å². The Hall–Kier alpha value is -0.320. The SMILES string of the molecule is CC[C@H](N)C(=O)N1CCC2(CCOC2)C1.Cl. The Morgan fingerprint density at radius 3 is 2.88 bits per heavy atom. The van der Waals surface area contributed by atoms with Gasteiger partial charge in [0.1, 0.15) is 0 Å². The lowest BCUT2D eigenvalue weighted by atomic mass is 9.87. The van der Waals surface area contributed by atoms with E-state index in [0.717, 1.165) is 45.6 Å². The van der Waals surface area contributed by atoms with Crippen LogP contribution in [0.5, 0.6) is 0 Å². The van der Waals surface area contributed by atoms with Crippen molar-refractivity contribution in [2.45, 2.75) is 32.2 Å². The first-order valence-electron chi connectivity index (χ1n) is 5.79. The Labute approximate surface area is 103 Å². The molecule has 2 heterocycles. The van der Waals surface area contributed by atoms with E-state index >= 15 is 0 Å². The monoisotopic (exact) mass is 248 g/mol. The third kappa shape index (κ3) is 2.50. The molecular formula is C11H21ClN2O2. The van der Waals surface area contributed by atoms with Gasteiger partial charge in [-0.15, -0.1) is 12.4 Å². The first-order chi connectivity index (χ1) is 7.17. The highest BCUT2D eigenvalue weighted by Gasteiger charge is 2.43. The van der Waals surface area contributed by atoms with Crippen molar-refractivity contribution in [3.8, 4) is 0 Å². The van der Waals surface area contributed by atoms with Gasteiger partial charge in [-0.05, 0) is 19.3 Å². The number of likely N-dealkylation sites (tertiary alicyclic amines) is 1. The van der Waals surface area contributed by atoms with E-state index < -0.39 is 0 Å². The lowest BCUT2D eigenvalue weighted by Crippen LogP contribution is -2.43. The summed E-state index contributed by atoms with van der Waals surface area (Å²) in [6, 6.07) is -0.317. The minimum atomic E-state index is -0.317. The molecule has 16 heavy (non-hydrogen) atoms. The number of carbonyl (C=O) groups excluding carboxylic acids is 1. The third-order valence-corrected chi connectivity index (χ3v) is 3.69. The second-order valence-corrected chi connectivity index (χ2v) is 4.83. The van der Waals surface area contributed by atoms with Crippen molar-refractivity contribution in [2.75, 3.05) is 26.3 Å². The average molecular weight is 249 g/mol. The maximum Gasteiger partial charge on any atom is 0.239 e. The number of carbonyl (C=O) groups is 1. The quantitative estimate of drug-likeness (QED) is 0.786. The molecule has 0 aromatic heterocycles. The molecule has 2 atom stereocenters. The Morgan fingerprint density at radius 2 is 2.31 bits per heavy atom. The number of amides is 1. The fourth-order valence-corrected chi connectivity index (χ4v) is 2.50. The van der Waals surface area contributed by atoms with Crippen molar-refractivity contribution in [2.24, 2.45) is 11.1 Å². The lowest BCUT2D eigenvalue weighted by Gasteiger charge is -2.23. The highest BCUT2D eigenvalue weighted by Crippen LogP contribution is 2.38. The van der Waals surface area contributed by atoms with Crippen LogP contribution in [0.25, 0.3) is 0 Å². The van der Waals surface area contributed by atoms with Gasteiger partial charge < -0.3 is 15.4 Å². The zero-order valence-corrected chi connectivity index (χ0v) is 10.6. The van der Waals surface area contributed by atoms with Crippen LogP contribution in [-0.4, -0.2) is 43.2 Å². The molecule has 0 aromatic carbocycles. The Kier molecular flexibility index (Phi) is 4.59. The van der Waals surface area contributed by atoms with Crippen molar-refractivity contribution in [1.82, 2.24) is 4.90 Å². The van der Waals surface area contributed by atoms with E-state index in [1.807, 2.05) is 11.8 Å². The van der Waals surface area contributed by atoms with Crippen molar-refractivity contribution >= 4 is 18.3 Å². The van der Waals surface area contributed by atoms with Gasteiger partial charge in [-0.2, -0.15) is 0 Å². The minimum absolute atomic E-state index is 0. The van der Waals surface area contributed by atoms with E-state index in [-0.39, 0.29) is 29.8 Å². The molecule has 2 fully saturated rings. The molecule has 2 saturated heterocycles. The fraction of sp³-hybridized carbons (Fsp3) is 0.909. The number of halogens is 1. The van der Waals surface area contributed by atoms with Gasteiger partial charge in [-0.3, -0.25) is 4.79 Å². The Morgan fingerprint density at radius 1 is 1.56 bits per heavy atom. The zero-order chi connectivity index (χ0) is 10.9. The fourth-order valence-electron chi connectivity index (χ4n) is 2.50. The van der Waals surface area contributed by atoms with Crippen LogP contribution in [0.1, 0.15) is 26.2 Å². The molecule has 1 unspecified atom stereocenters. The predicted octanol–water partition coefficient (Wildman–Crippen LogP) is 0.784. The van der Waals surface area contributed by atoms with E-state index in [2.05, 4.69) is 0 Å². The summed E-state index contributed by atoms with van der Waals surface area (Å²) in [5.41, 5.74) is 6.01. The molecular weight excluding hydrogens is 228 g/mol. The second-order valence-electron chi connectivity index (χ2n) is 4.83. The maximum atomic E-state index is 11.9. The van der Waals surface area contributed by atoms with Crippen molar-refractivity contribution in [3.05, 3.63) is 0 Å². The first kappa shape index (κ1) is 13.7. The summed E-state index contributed by atoms with van der Waals surface area (Å²) in [7, 11) is 0. The molecule has 2 N–H and O–H groups in total. The summed E-state index contributed by atoms with van der Waals surface area (Å²) < 4.78 is 5.43. The molecule has 1 spiro atoms. The highest BCUT2D eigenvalue weighted by molar-refractivity contribution is 5.85. The standard InChI is InChI=1S/C11H20N2O2.ClH/c1-2-9(12)10(14)13-5-3-11(7-13)4-6-15-8-11;/h9H,2-8,12H2,1H3;1H/t9-,11?;/m0./s1. The summed E-state index contributed by atoms with van der Waals surface area (Å²) in [6.45, 7) is 5.32. The maximum absolute atomic E-state index is 11.9. The average Bonchev–Trinajstić information content (AvgIpc) is 2.88. The zero-order valence-electron chi connectivity index (χ0n) is 9.78. The third-order valence-electron chi connectivity index (χ3n) is 3.69. The predicted molar refractivity (Wildman–Crippen MR) is 64.6 cm³/mol. The van der Waals surface area contributed by atoms with Gasteiger partial charge in [0.05, 0.1) is 12.6 Å². The molecule has 2 aliphatic rings. The van der Waals surface area contributed by atoms with E-state index in [0.29, 0.717) is 0 Å². The molecule has 0 aliphatic carbocycles. The summed E-state index contributed by atoms with van der Waals surface area (Å²) in [5.74, 6) is 0.112. The summed E-state index contributed by atoms with van der Waals surface area (Å²) in [5, 5.41) is 0. The van der Waals surface area contributed by atoms with E-state index in [1.165, 1.54) is 0 Å². The molecule has 0 radical (unpaired) electrons. The molecule has 0 saturated carbocycles. The number of rotatable bonds is 2. The molecule has 2 aliphatic heterocycles. The van der Waals surface area contributed by atoms with Gasteiger partial charge in [-0.1, -0.05) is 6.92 Å². The van der Waals surface area contributed by atoms with Gasteiger partial charge >= 0.3 is 0 Å². The summed E-state index contributed by atoms with van der Waals surface area (Å²) in [4.78, 5) is 13.8. The first-order valence-corrected chi connectivity index (χ1v) is 5.79. The summed E-state index contributed by atoms with van der Waals surface area (Å²) >= 11 is 0. The molecule has 0 aromatic rings. The van der Waals surface area contributed by atoms with Crippen LogP contribution < -0.4 is 5.73 Å².